The van der Waals surface area contributed by atoms with Gasteiger partial charge in [-0.3, -0.25) is 4.79 Å². The zero-order valence-corrected chi connectivity index (χ0v) is 15.3. The predicted molar refractivity (Wildman–Crippen MR) is 110 cm³/mol. The standard InChI is InChI=1S/C24H25NO2/c26-23(21-11-5-2-6-12-21)16-14-20-10-7-13-22(18-20)25-24(27)17-15-19-8-3-1-4-9-19/h1-13,18,23,26H,14-17H2,(H,25,27)/t23-/m0/s1. The highest BCUT2D eigenvalue weighted by atomic mass is 16.3. The van der Waals surface area contributed by atoms with Crippen LogP contribution in [0, 0.1) is 0 Å². The molecule has 3 heteroatoms. The first-order chi connectivity index (χ1) is 13.2. The lowest BCUT2D eigenvalue weighted by Crippen LogP contribution is -2.12. The third-order valence-corrected chi connectivity index (χ3v) is 4.59. The molecule has 0 aromatic heterocycles. The van der Waals surface area contributed by atoms with Crippen molar-refractivity contribution in [3.8, 4) is 0 Å². The normalized spacial score (nSPS) is 11.7. The van der Waals surface area contributed by atoms with E-state index in [-0.39, 0.29) is 5.91 Å². The maximum atomic E-state index is 12.2. The fraction of sp³-hybridized carbons (Fsp3) is 0.208. The van der Waals surface area contributed by atoms with Crippen LogP contribution in [0.5, 0.6) is 0 Å². The van der Waals surface area contributed by atoms with E-state index in [0.717, 1.165) is 35.2 Å². The molecule has 2 N–H and O–H groups in total. The second-order valence-corrected chi connectivity index (χ2v) is 6.70. The van der Waals surface area contributed by atoms with Gasteiger partial charge in [-0.05, 0) is 48.1 Å². The van der Waals surface area contributed by atoms with Gasteiger partial charge in [-0.1, -0.05) is 72.8 Å². The summed E-state index contributed by atoms with van der Waals surface area (Å²) in [7, 11) is 0. The quantitative estimate of drug-likeness (QED) is 0.599. The molecule has 0 aliphatic rings. The first-order valence-electron chi connectivity index (χ1n) is 9.36. The Bertz CT molecular complexity index is 847. The Hall–Kier alpha value is -2.91. The Kier molecular flexibility index (Phi) is 6.78. The van der Waals surface area contributed by atoms with Gasteiger partial charge in [-0.25, -0.2) is 0 Å². The number of anilines is 1. The van der Waals surface area contributed by atoms with Crippen molar-refractivity contribution in [3.05, 3.63) is 102 Å². The Morgan fingerprint density at radius 2 is 1.48 bits per heavy atom. The van der Waals surface area contributed by atoms with Crippen LogP contribution in [-0.2, 0) is 17.6 Å². The van der Waals surface area contributed by atoms with E-state index >= 15 is 0 Å². The Morgan fingerprint density at radius 3 is 2.22 bits per heavy atom. The zero-order chi connectivity index (χ0) is 18.9. The summed E-state index contributed by atoms with van der Waals surface area (Å²) in [5.74, 6) is 0.0142. The number of hydrogen-bond acceptors (Lipinski definition) is 2. The summed E-state index contributed by atoms with van der Waals surface area (Å²) in [6.45, 7) is 0. The van der Waals surface area contributed by atoms with Gasteiger partial charge in [0, 0.05) is 12.1 Å². The average molecular weight is 359 g/mol. The molecule has 0 unspecified atom stereocenters. The number of aryl methyl sites for hydroxylation is 2. The van der Waals surface area contributed by atoms with Crippen molar-refractivity contribution in [2.24, 2.45) is 0 Å². The van der Waals surface area contributed by atoms with E-state index in [4.69, 9.17) is 0 Å². The van der Waals surface area contributed by atoms with Crippen molar-refractivity contribution in [2.45, 2.75) is 31.8 Å². The van der Waals surface area contributed by atoms with E-state index in [2.05, 4.69) is 5.32 Å². The number of nitrogens with one attached hydrogen (secondary N) is 1. The van der Waals surface area contributed by atoms with Gasteiger partial charge < -0.3 is 10.4 Å². The smallest absolute Gasteiger partial charge is 0.224 e. The van der Waals surface area contributed by atoms with Crippen molar-refractivity contribution in [1.82, 2.24) is 0 Å². The number of hydrogen-bond donors (Lipinski definition) is 2. The van der Waals surface area contributed by atoms with Crippen LogP contribution in [0.3, 0.4) is 0 Å². The number of amides is 1. The molecule has 138 valence electrons. The third-order valence-electron chi connectivity index (χ3n) is 4.59. The lowest BCUT2D eigenvalue weighted by atomic mass is 10.0. The summed E-state index contributed by atoms with van der Waals surface area (Å²) in [4.78, 5) is 12.2. The molecule has 0 heterocycles. The molecule has 3 aromatic carbocycles. The van der Waals surface area contributed by atoms with E-state index in [9.17, 15) is 9.90 Å². The highest BCUT2D eigenvalue weighted by Gasteiger charge is 2.08. The molecule has 1 atom stereocenters. The first-order valence-corrected chi connectivity index (χ1v) is 9.36. The predicted octanol–water partition coefficient (Wildman–Crippen LogP) is 4.92. The first kappa shape index (κ1) is 18.9. The molecule has 27 heavy (non-hydrogen) atoms. The van der Waals surface area contributed by atoms with Crippen LogP contribution < -0.4 is 5.32 Å². The average Bonchev–Trinajstić information content (AvgIpc) is 2.72. The molecule has 0 saturated heterocycles. The third kappa shape index (κ3) is 6.08. The van der Waals surface area contributed by atoms with Crippen molar-refractivity contribution in [1.29, 1.82) is 0 Å². The van der Waals surface area contributed by atoms with Gasteiger partial charge >= 0.3 is 0 Å². The topological polar surface area (TPSA) is 49.3 Å². The minimum atomic E-state index is -0.477. The molecular weight excluding hydrogens is 334 g/mol. The molecule has 0 bridgehead atoms. The molecule has 0 spiro atoms. The number of aliphatic hydroxyl groups excluding tert-OH is 1. The van der Waals surface area contributed by atoms with Gasteiger partial charge in [0.15, 0.2) is 0 Å². The molecule has 3 rings (SSSR count). The van der Waals surface area contributed by atoms with Crippen molar-refractivity contribution < 1.29 is 9.90 Å². The number of carbonyl (C=O) groups excluding carboxylic acids is 1. The summed E-state index contributed by atoms with van der Waals surface area (Å²) < 4.78 is 0. The molecule has 3 nitrogen and oxygen atoms in total. The second-order valence-electron chi connectivity index (χ2n) is 6.70. The molecule has 0 aliphatic heterocycles. The van der Waals surface area contributed by atoms with Gasteiger partial charge in [-0.2, -0.15) is 0 Å². The van der Waals surface area contributed by atoms with Crippen molar-refractivity contribution in [3.63, 3.8) is 0 Å². The van der Waals surface area contributed by atoms with Gasteiger partial charge in [0.05, 0.1) is 6.10 Å². The maximum absolute atomic E-state index is 12.2. The van der Waals surface area contributed by atoms with E-state index < -0.39 is 6.10 Å². The lowest BCUT2D eigenvalue weighted by molar-refractivity contribution is -0.116. The summed E-state index contributed by atoms with van der Waals surface area (Å²) in [6, 6.07) is 27.6. The summed E-state index contributed by atoms with van der Waals surface area (Å²) in [5, 5.41) is 13.3. The molecule has 1 amide bonds. The molecule has 0 saturated carbocycles. The van der Waals surface area contributed by atoms with Crippen LogP contribution >= 0.6 is 0 Å². The number of benzene rings is 3. The minimum Gasteiger partial charge on any atom is -0.388 e. The number of rotatable bonds is 8. The Balaban J connectivity index is 1.50. The van der Waals surface area contributed by atoms with Crippen LogP contribution in [0.2, 0.25) is 0 Å². The molecule has 0 fully saturated rings. The SMILES string of the molecule is O=C(CCc1ccccc1)Nc1cccc(CC[C@H](O)c2ccccc2)c1. The maximum Gasteiger partial charge on any atom is 0.224 e. The van der Waals surface area contributed by atoms with Gasteiger partial charge in [0.2, 0.25) is 5.91 Å². The van der Waals surface area contributed by atoms with Crippen LogP contribution in [-0.4, -0.2) is 11.0 Å². The van der Waals surface area contributed by atoms with E-state index in [0.29, 0.717) is 12.8 Å². The fourth-order valence-electron chi connectivity index (χ4n) is 3.08. The van der Waals surface area contributed by atoms with Gasteiger partial charge in [0.25, 0.3) is 0 Å². The largest absolute Gasteiger partial charge is 0.388 e. The Labute approximate surface area is 160 Å². The molecular formula is C24H25NO2. The summed E-state index contributed by atoms with van der Waals surface area (Å²) in [5.41, 5.74) is 4.00. The van der Waals surface area contributed by atoms with Crippen molar-refractivity contribution in [2.75, 3.05) is 5.32 Å². The van der Waals surface area contributed by atoms with Crippen LogP contribution in [0.15, 0.2) is 84.9 Å². The number of carbonyl (C=O) groups is 1. The van der Waals surface area contributed by atoms with Crippen LogP contribution in [0.4, 0.5) is 5.69 Å². The Morgan fingerprint density at radius 1 is 0.815 bits per heavy atom. The van der Waals surface area contributed by atoms with Crippen LogP contribution in [0.1, 0.15) is 35.6 Å². The molecule has 3 aromatic rings. The number of aliphatic hydroxyl groups is 1. The van der Waals surface area contributed by atoms with Crippen molar-refractivity contribution >= 4 is 11.6 Å². The summed E-state index contributed by atoms with van der Waals surface area (Å²) >= 11 is 0. The van der Waals surface area contributed by atoms with Crippen LogP contribution in [0.25, 0.3) is 0 Å². The molecule has 0 radical (unpaired) electrons. The fourth-order valence-corrected chi connectivity index (χ4v) is 3.08. The molecule has 0 aliphatic carbocycles. The van der Waals surface area contributed by atoms with E-state index in [1.165, 1.54) is 0 Å². The lowest BCUT2D eigenvalue weighted by Gasteiger charge is -2.12. The minimum absolute atomic E-state index is 0.0142. The monoisotopic (exact) mass is 359 g/mol. The van der Waals surface area contributed by atoms with Gasteiger partial charge in [0.1, 0.15) is 0 Å². The highest BCUT2D eigenvalue weighted by Crippen LogP contribution is 2.20. The summed E-state index contributed by atoms with van der Waals surface area (Å²) in [6.07, 6.45) is 2.12. The second kappa shape index (κ2) is 9.70. The highest BCUT2D eigenvalue weighted by molar-refractivity contribution is 5.90. The van der Waals surface area contributed by atoms with E-state index in [1.807, 2.05) is 84.9 Å². The zero-order valence-electron chi connectivity index (χ0n) is 15.3. The van der Waals surface area contributed by atoms with Gasteiger partial charge in [-0.15, -0.1) is 0 Å². The van der Waals surface area contributed by atoms with E-state index in [1.54, 1.807) is 0 Å².